The van der Waals surface area contributed by atoms with E-state index in [1.807, 2.05) is 30.3 Å². The van der Waals surface area contributed by atoms with E-state index < -0.39 is 11.9 Å². The number of H-pyrrole nitrogens is 1. The lowest BCUT2D eigenvalue weighted by molar-refractivity contribution is -0.135. The number of hydrogen-bond acceptors (Lipinski definition) is 8. The van der Waals surface area contributed by atoms with E-state index in [9.17, 15) is 5.11 Å². The van der Waals surface area contributed by atoms with Crippen molar-refractivity contribution in [2.24, 2.45) is 0 Å². The Kier molecular flexibility index (Phi) is 7.98. The summed E-state index contributed by atoms with van der Waals surface area (Å²) in [6.07, 6.45) is 3.40. The van der Waals surface area contributed by atoms with Crippen molar-refractivity contribution >= 4 is 51.1 Å². The number of aliphatic carboxylic acids is 2. The highest BCUT2D eigenvalue weighted by Gasteiger charge is 2.10. The number of nitrogens with zero attached hydrogens (tertiary/aromatic N) is 3. The monoisotopic (exact) mass is 488 g/mol. The number of nitrogens with two attached hydrogens (primary N) is 1. The predicted molar refractivity (Wildman–Crippen MR) is 137 cm³/mol. The van der Waals surface area contributed by atoms with Crippen LogP contribution in [0.2, 0.25) is 0 Å². The second-order valence-electron chi connectivity index (χ2n) is 7.57. The van der Waals surface area contributed by atoms with Gasteiger partial charge in [0, 0.05) is 36.7 Å². The van der Waals surface area contributed by atoms with Crippen molar-refractivity contribution in [1.82, 2.24) is 20.2 Å². The van der Waals surface area contributed by atoms with Crippen LogP contribution in [-0.2, 0) is 9.59 Å². The number of nitrogen functional groups attached to an aromatic ring is 1. The molecular weight excluding hydrogens is 464 g/mol. The Morgan fingerprint density at radius 2 is 1.58 bits per heavy atom. The van der Waals surface area contributed by atoms with Gasteiger partial charge in [-0.25, -0.2) is 4.98 Å². The molecule has 0 fully saturated rings. The summed E-state index contributed by atoms with van der Waals surface area (Å²) >= 11 is 0. The Hall–Kier alpha value is -5.19. The first-order valence-corrected chi connectivity index (χ1v) is 10.6. The lowest BCUT2D eigenvalue weighted by Crippen LogP contribution is -1.99. The van der Waals surface area contributed by atoms with Gasteiger partial charge in [-0.05, 0) is 52.7 Å². The molecule has 0 saturated heterocycles. The zero-order chi connectivity index (χ0) is 26.2. The molecule has 0 amide bonds. The standard InChI is InChI=1S/C21H16N6O.2C2H4O2/c22-21-23-6-5-19(26-21)25-16-8-15-11-24-27-20(15)18(10-16)14-2-1-13-9-17(28)4-3-12(13)7-14;2*1-2(3)4/h1-11,28H,(H,24,27)(H3,22,23,25,26);2*1H3,(H,3,4). The van der Waals surface area contributed by atoms with Gasteiger partial charge < -0.3 is 26.4 Å². The number of carboxylic acids is 2. The Morgan fingerprint density at radius 3 is 2.28 bits per heavy atom. The van der Waals surface area contributed by atoms with Crippen molar-refractivity contribution in [1.29, 1.82) is 0 Å². The van der Waals surface area contributed by atoms with Crippen molar-refractivity contribution < 1.29 is 24.9 Å². The van der Waals surface area contributed by atoms with Gasteiger partial charge in [0.2, 0.25) is 5.95 Å². The molecular formula is C25H24N6O5. The first-order valence-electron chi connectivity index (χ1n) is 10.6. The number of aromatic hydroxyl groups is 1. The normalized spacial score (nSPS) is 10.1. The van der Waals surface area contributed by atoms with Crippen LogP contribution >= 0.6 is 0 Å². The number of aromatic nitrogens is 4. The van der Waals surface area contributed by atoms with Crippen molar-refractivity contribution in [2.45, 2.75) is 13.8 Å². The highest BCUT2D eigenvalue weighted by atomic mass is 16.4. The SMILES string of the molecule is CC(=O)O.CC(=O)O.Nc1nccc(Nc2cc(-c3ccc4cc(O)ccc4c3)c3[nH]ncc3c2)n1. The molecule has 0 radical (unpaired) electrons. The number of hydrogen-bond donors (Lipinski definition) is 6. The third-order valence-corrected chi connectivity index (χ3v) is 4.63. The smallest absolute Gasteiger partial charge is 0.300 e. The number of carboxylic acid groups (broad SMARTS) is 2. The molecule has 5 aromatic rings. The number of rotatable bonds is 3. The summed E-state index contributed by atoms with van der Waals surface area (Å²) in [5.74, 6) is -0.575. The Balaban J connectivity index is 0.000000398. The van der Waals surface area contributed by atoms with Crippen LogP contribution in [-0.4, -0.2) is 47.4 Å². The average molecular weight is 489 g/mol. The molecule has 0 spiro atoms. The van der Waals surface area contributed by atoms with Gasteiger partial charge in [-0.2, -0.15) is 10.1 Å². The van der Waals surface area contributed by atoms with Crippen LogP contribution in [0.15, 0.2) is 67.0 Å². The largest absolute Gasteiger partial charge is 0.508 e. The van der Waals surface area contributed by atoms with Gasteiger partial charge in [0.15, 0.2) is 0 Å². The van der Waals surface area contributed by atoms with Gasteiger partial charge in [-0.15, -0.1) is 0 Å². The lowest BCUT2D eigenvalue weighted by Gasteiger charge is -2.11. The van der Waals surface area contributed by atoms with Crippen LogP contribution < -0.4 is 11.1 Å². The van der Waals surface area contributed by atoms with Crippen LogP contribution in [0.3, 0.4) is 0 Å². The molecule has 2 heterocycles. The molecule has 0 saturated carbocycles. The van der Waals surface area contributed by atoms with E-state index in [-0.39, 0.29) is 11.7 Å². The molecule has 0 aliphatic rings. The Labute approximate surface area is 205 Å². The third-order valence-electron chi connectivity index (χ3n) is 4.63. The minimum absolute atomic E-state index is 0.215. The van der Waals surface area contributed by atoms with Gasteiger partial charge >= 0.3 is 0 Å². The lowest BCUT2D eigenvalue weighted by atomic mass is 9.99. The number of anilines is 3. The molecule has 3 aromatic carbocycles. The summed E-state index contributed by atoms with van der Waals surface area (Å²) in [5.41, 5.74) is 9.54. The second kappa shape index (κ2) is 11.3. The molecule has 0 unspecified atom stereocenters. The predicted octanol–water partition coefficient (Wildman–Crippen LogP) is 4.39. The summed E-state index contributed by atoms with van der Waals surface area (Å²) in [4.78, 5) is 26.1. The van der Waals surface area contributed by atoms with E-state index in [4.69, 9.17) is 25.5 Å². The maximum atomic E-state index is 9.69. The molecule has 11 nitrogen and oxygen atoms in total. The molecule has 5 rings (SSSR count). The topological polar surface area (TPSA) is 187 Å². The molecule has 0 aliphatic heterocycles. The van der Waals surface area contributed by atoms with Gasteiger partial charge in [-0.1, -0.05) is 18.2 Å². The number of phenolic OH excluding ortho intramolecular Hbond substituents is 1. The van der Waals surface area contributed by atoms with E-state index in [0.29, 0.717) is 5.82 Å². The molecule has 0 aliphatic carbocycles. The second-order valence-corrected chi connectivity index (χ2v) is 7.57. The number of aromatic amines is 1. The minimum atomic E-state index is -0.833. The number of carbonyl (C=O) groups is 2. The zero-order valence-electron chi connectivity index (χ0n) is 19.4. The van der Waals surface area contributed by atoms with E-state index in [0.717, 1.165) is 52.3 Å². The molecule has 11 heteroatoms. The number of fused-ring (bicyclic) bond motifs is 2. The summed E-state index contributed by atoms with van der Waals surface area (Å²) < 4.78 is 0. The van der Waals surface area contributed by atoms with Crippen LogP contribution in [0.4, 0.5) is 17.5 Å². The fourth-order valence-electron chi connectivity index (χ4n) is 3.35. The highest BCUT2D eigenvalue weighted by molar-refractivity contribution is 5.99. The van der Waals surface area contributed by atoms with Gasteiger partial charge in [0.1, 0.15) is 11.6 Å². The molecule has 0 bridgehead atoms. The van der Waals surface area contributed by atoms with Crippen LogP contribution in [0.25, 0.3) is 32.8 Å². The number of nitrogens with one attached hydrogen (secondary N) is 2. The molecule has 2 aromatic heterocycles. The fourth-order valence-corrected chi connectivity index (χ4v) is 3.35. The Bertz CT molecular complexity index is 1510. The molecule has 0 atom stereocenters. The van der Waals surface area contributed by atoms with E-state index in [1.165, 1.54) is 0 Å². The van der Waals surface area contributed by atoms with Crippen molar-refractivity contribution in [3.05, 3.63) is 67.0 Å². The summed E-state index contributed by atoms with van der Waals surface area (Å²) in [6, 6.07) is 17.3. The maximum absolute atomic E-state index is 9.69. The van der Waals surface area contributed by atoms with E-state index in [2.05, 4.69) is 31.5 Å². The maximum Gasteiger partial charge on any atom is 0.300 e. The number of phenols is 1. The van der Waals surface area contributed by atoms with Gasteiger partial charge in [0.05, 0.1) is 11.7 Å². The number of benzene rings is 3. The fraction of sp³-hybridized carbons (Fsp3) is 0.0800. The van der Waals surface area contributed by atoms with E-state index in [1.54, 1.807) is 30.6 Å². The van der Waals surface area contributed by atoms with Gasteiger partial charge in [-0.3, -0.25) is 14.7 Å². The average Bonchev–Trinajstić information content (AvgIpc) is 3.26. The summed E-state index contributed by atoms with van der Waals surface area (Å²) in [7, 11) is 0. The van der Waals surface area contributed by atoms with Crippen molar-refractivity contribution in [3.63, 3.8) is 0 Å². The van der Waals surface area contributed by atoms with E-state index >= 15 is 0 Å². The van der Waals surface area contributed by atoms with Crippen LogP contribution in [0.1, 0.15) is 13.8 Å². The Morgan fingerprint density at radius 1 is 0.917 bits per heavy atom. The van der Waals surface area contributed by atoms with Gasteiger partial charge in [0.25, 0.3) is 11.9 Å². The van der Waals surface area contributed by atoms with Crippen LogP contribution in [0.5, 0.6) is 5.75 Å². The minimum Gasteiger partial charge on any atom is -0.508 e. The molecule has 184 valence electrons. The quantitative estimate of drug-likeness (QED) is 0.213. The summed E-state index contributed by atoms with van der Waals surface area (Å²) in [5, 5.41) is 38.1. The van der Waals surface area contributed by atoms with Crippen molar-refractivity contribution in [2.75, 3.05) is 11.1 Å². The van der Waals surface area contributed by atoms with Crippen LogP contribution in [0, 0.1) is 0 Å². The first kappa shape index (κ1) is 25.4. The molecule has 7 N–H and O–H groups in total. The first-order chi connectivity index (χ1) is 17.1. The zero-order valence-corrected chi connectivity index (χ0v) is 19.4. The highest BCUT2D eigenvalue weighted by Crippen LogP contribution is 2.34. The molecule has 36 heavy (non-hydrogen) atoms. The summed E-state index contributed by atoms with van der Waals surface area (Å²) in [6.45, 7) is 2.17. The third kappa shape index (κ3) is 6.90. The van der Waals surface area contributed by atoms with Crippen molar-refractivity contribution in [3.8, 4) is 16.9 Å².